The van der Waals surface area contributed by atoms with Gasteiger partial charge in [0.15, 0.2) is 23.3 Å². The van der Waals surface area contributed by atoms with Crippen LogP contribution in [0.5, 0.6) is 5.75 Å². The molecule has 0 unspecified atom stereocenters. The minimum atomic E-state index is -5.08. The second kappa shape index (κ2) is 11.5. The Morgan fingerprint density at radius 2 is 1.81 bits per heavy atom. The van der Waals surface area contributed by atoms with Gasteiger partial charge in [0.25, 0.3) is 5.91 Å². The van der Waals surface area contributed by atoms with E-state index in [9.17, 15) is 35.2 Å². The van der Waals surface area contributed by atoms with Crippen LogP contribution in [0.4, 0.5) is 22.0 Å². The number of benzene rings is 2. The molecule has 0 fully saturated rings. The number of carbonyl (C=O) groups excluding carboxylic acids is 1. The molecular weight excluding hydrogens is 525 g/mol. The largest absolute Gasteiger partial charge is 0.496 e. The Labute approximate surface area is 207 Å². The SMILES string of the molecule is COc1cc(CN(Cc2cccnc2F)S(=O)(=O)c2cc(F)c(F)c(F)c2F)ccc1/C=C/C(=O)NO. The second-order valence-corrected chi connectivity index (χ2v) is 9.32. The minimum Gasteiger partial charge on any atom is -0.496 e. The molecule has 14 heteroatoms. The summed E-state index contributed by atoms with van der Waals surface area (Å²) in [5, 5.41) is 8.59. The van der Waals surface area contributed by atoms with Crippen molar-refractivity contribution in [3.05, 3.63) is 94.6 Å². The average Bonchev–Trinajstić information content (AvgIpc) is 2.88. The van der Waals surface area contributed by atoms with Gasteiger partial charge in [-0.3, -0.25) is 10.0 Å². The number of methoxy groups -OCH3 is 1. The van der Waals surface area contributed by atoms with Crippen molar-refractivity contribution >= 4 is 22.0 Å². The maximum absolute atomic E-state index is 14.5. The summed E-state index contributed by atoms with van der Waals surface area (Å²) in [6, 6.07) is 6.67. The van der Waals surface area contributed by atoms with Gasteiger partial charge in [-0.2, -0.15) is 8.70 Å². The molecule has 1 amide bonds. The van der Waals surface area contributed by atoms with Crippen LogP contribution in [-0.4, -0.2) is 35.9 Å². The quantitative estimate of drug-likeness (QED) is 0.0811. The number of pyridine rings is 1. The van der Waals surface area contributed by atoms with Gasteiger partial charge in [0.1, 0.15) is 10.6 Å². The van der Waals surface area contributed by atoms with E-state index in [0.29, 0.717) is 9.87 Å². The Morgan fingerprint density at radius 1 is 1.08 bits per heavy atom. The lowest BCUT2D eigenvalue weighted by atomic mass is 10.1. The average molecular weight is 543 g/mol. The molecule has 0 bridgehead atoms. The van der Waals surface area contributed by atoms with Gasteiger partial charge >= 0.3 is 0 Å². The number of hydroxylamine groups is 1. The standard InChI is InChI=1S/C23H18F5N3O5S/c1-36-17-9-13(4-5-14(17)6-7-19(32)30-33)11-31(12-15-3-2-8-29-23(15)28)37(34,35)18-10-16(24)20(25)22(27)21(18)26/h2-10,33H,11-12H2,1H3,(H,30,32)/b7-6+. The maximum atomic E-state index is 14.5. The van der Waals surface area contributed by atoms with E-state index in [1.165, 1.54) is 49.0 Å². The highest BCUT2D eigenvalue weighted by atomic mass is 32.2. The normalized spacial score (nSPS) is 11.8. The summed E-state index contributed by atoms with van der Waals surface area (Å²) in [7, 11) is -3.80. The highest BCUT2D eigenvalue weighted by Gasteiger charge is 2.33. The van der Waals surface area contributed by atoms with E-state index in [0.717, 1.165) is 12.3 Å². The third kappa shape index (κ3) is 6.10. The number of hydrogen-bond acceptors (Lipinski definition) is 6. The van der Waals surface area contributed by atoms with Crippen LogP contribution in [-0.2, 0) is 27.9 Å². The maximum Gasteiger partial charge on any atom is 0.267 e. The van der Waals surface area contributed by atoms with Gasteiger partial charge in [-0.25, -0.2) is 36.4 Å². The molecule has 0 saturated carbocycles. The number of rotatable bonds is 9. The van der Waals surface area contributed by atoms with E-state index in [1.807, 2.05) is 0 Å². The lowest BCUT2D eigenvalue weighted by molar-refractivity contribution is -0.124. The summed E-state index contributed by atoms with van der Waals surface area (Å²) < 4.78 is 102. The van der Waals surface area contributed by atoms with Gasteiger partial charge < -0.3 is 4.74 Å². The highest BCUT2D eigenvalue weighted by molar-refractivity contribution is 7.89. The summed E-state index contributed by atoms with van der Waals surface area (Å²) in [6.07, 6.45) is 3.38. The summed E-state index contributed by atoms with van der Waals surface area (Å²) in [6.45, 7) is -1.31. The number of hydrogen-bond donors (Lipinski definition) is 2. The molecule has 1 aromatic heterocycles. The number of ether oxygens (including phenoxy) is 1. The topological polar surface area (TPSA) is 109 Å². The molecule has 0 aliphatic rings. The van der Waals surface area contributed by atoms with E-state index in [1.54, 1.807) is 0 Å². The molecule has 196 valence electrons. The molecule has 0 atom stereocenters. The Kier molecular flexibility index (Phi) is 8.57. The molecule has 2 N–H and O–H groups in total. The molecule has 0 spiro atoms. The van der Waals surface area contributed by atoms with Crippen LogP contribution >= 0.6 is 0 Å². The van der Waals surface area contributed by atoms with Crippen molar-refractivity contribution in [3.8, 4) is 5.75 Å². The van der Waals surface area contributed by atoms with Crippen molar-refractivity contribution in [2.24, 2.45) is 0 Å². The Bertz CT molecular complexity index is 1470. The van der Waals surface area contributed by atoms with E-state index in [-0.39, 0.29) is 22.9 Å². The molecule has 8 nitrogen and oxygen atoms in total. The van der Waals surface area contributed by atoms with Crippen LogP contribution in [0.2, 0.25) is 0 Å². The molecule has 3 aromatic rings. The van der Waals surface area contributed by atoms with Crippen LogP contribution in [0.3, 0.4) is 0 Å². The number of sulfonamides is 1. The summed E-state index contributed by atoms with van der Waals surface area (Å²) >= 11 is 0. The predicted octanol–water partition coefficient (Wildman–Crippen LogP) is 3.70. The van der Waals surface area contributed by atoms with Crippen LogP contribution in [0.1, 0.15) is 16.7 Å². The molecule has 0 aliphatic carbocycles. The molecule has 3 rings (SSSR count). The molecule has 37 heavy (non-hydrogen) atoms. The smallest absolute Gasteiger partial charge is 0.267 e. The number of amides is 1. The number of halogens is 5. The summed E-state index contributed by atoms with van der Waals surface area (Å²) in [5.74, 6) is -10.3. The minimum absolute atomic E-state index is 0.00361. The number of aromatic nitrogens is 1. The lowest BCUT2D eigenvalue weighted by Crippen LogP contribution is -2.32. The van der Waals surface area contributed by atoms with Crippen molar-refractivity contribution in [2.45, 2.75) is 18.0 Å². The first-order chi connectivity index (χ1) is 17.5. The van der Waals surface area contributed by atoms with Crippen LogP contribution in [0, 0.1) is 29.2 Å². The fourth-order valence-corrected chi connectivity index (χ4v) is 4.70. The lowest BCUT2D eigenvalue weighted by Gasteiger charge is -2.23. The first-order valence-electron chi connectivity index (χ1n) is 10.2. The van der Waals surface area contributed by atoms with Crippen molar-refractivity contribution < 1.29 is 45.1 Å². The predicted molar refractivity (Wildman–Crippen MR) is 119 cm³/mol. The van der Waals surface area contributed by atoms with Gasteiger partial charge in [-0.1, -0.05) is 18.2 Å². The van der Waals surface area contributed by atoms with Gasteiger partial charge in [0.05, 0.1) is 7.11 Å². The number of nitrogens with one attached hydrogen (secondary N) is 1. The zero-order chi connectivity index (χ0) is 27.3. The van der Waals surface area contributed by atoms with Crippen molar-refractivity contribution in [3.63, 3.8) is 0 Å². The third-order valence-electron chi connectivity index (χ3n) is 5.05. The summed E-state index contributed by atoms with van der Waals surface area (Å²) in [4.78, 5) is 13.2. The molecule has 0 radical (unpaired) electrons. The van der Waals surface area contributed by atoms with Gasteiger partial charge in [-0.15, -0.1) is 0 Å². The Balaban J connectivity index is 2.08. The fraction of sp³-hybridized carbons (Fsp3) is 0.130. The van der Waals surface area contributed by atoms with Gasteiger partial charge in [0, 0.05) is 42.6 Å². The number of nitrogens with zero attached hydrogens (tertiary/aromatic N) is 2. The van der Waals surface area contributed by atoms with E-state index < -0.39 is 63.1 Å². The van der Waals surface area contributed by atoms with E-state index in [4.69, 9.17) is 9.94 Å². The first kappa shape index (κ1) is 27.7. The number of carbonyl (C=O) groups is 1. The molecular formula is C23H18F5N3O5S. The zero-order valence-corrected chi connectivity index (χ0v) is 19.7. The fourth-order valence-electron chi connectivity index (χ4n) is 3.23. The van der Waals surface area contributed by atoms with Gasteiger partial charge in [-0.05, 0) is 23.8 Å². The van der Waals surface area contributed by atoms with Crippen LogP contribution in [0.25, 0.3) is 6.08 Å². The zero-order valence-electron chi connectivity index (χ0n) is 18.9. The van der Waals surface area contributed by atoms with E-state index >= 15 is 0 Å². The summed E-state index contributed by atoms with van der Waals surface area (Å²) in [5.41, 5.74) is 1.71. The second-order valence-electron chi connectivity index (χ2n) is 7.41. The van der Waals surface area contributed by atoms with Crippen molar-refractivity contribution in [2.75, 3.05) is 7.11 Å². The third-order valence-corrected chi connectivity index (χ3v) is 6.84. The van der Waals surface area contributed by atoms with Crippen molar-refractivity contribution in [1.29, 1.82) is 0 Å². The molecule has 0 aliphatic heterocycles. The Hall–Kier alpha value is -3.88. The van der Waals surface area contributed by atoms with Crippen LogP contribution < -0.4 is 10.2 Å². The van der Waals surface area contributed by atoms with Gasteiger partial charge in [0.2, 0.25) is 16.0 Å². The van der Waals surface area contributed by atoms with Crippen LogP contribution in [0.15, 0.2) is 53.6 Å². The first-order valence-corrected chi connectivity index (χ1v) is 11.6. The monoisotopic (exact) mass is 543 g/mol. The van der Waals surface area contributed by atoms with Crippen molar-refractivity contribution in [1.82, 2.24) is 14.8 Å². The Morgan fingerprint density at radius 3 is 2.46 bits per heavy atom. The van der Waals surface area contributed by atoms with E-state index in [2.05, 4.69) is 4.98 Å². The molecule has 2 aromatic carbocycles. The highest BCUT2D eigenvalue weighted by Crippen LogP contribution is 2.29. The molecule has 1 heterocycles. The molecule has 0 saturated heterocycles.